The van der Waals surface area contributed by atoms with Crippen LogP contribution in [0.2, 0.25) is 5.02 Å². The number of carbonyl (C=O) groups is 10. The number of hydrogen-bond donors (Lipinski definition) is 7. The Morgan fingerprint density at radius 1 is 0.966 bits per heavy atom. The van der Waals surface area contributed by atoms with E-state index in [-0.39, 0.29) is 55.8 Å². The lowest BCUT2D eigenvalue weighted by molar-refractivity contribution is -0.158. The van der Waals surface area contributed by atoms with Gasteiger partial charge in [0.25, 0.3) is 17.7 Å². The molecule has 25 nitrogen and oxygen atoms in total. The second kappa shape index (κ2) is 29.7. The van der Waals surface area contributed by atoms with Crippen molar-refractivity contribution in [2.24, 2.45) is 17.6 Å². The van der Waals surface area contributed by atoms with Crippen molar-refractivity contribution in [2.45, 2.75) is 160 Å². The van der Waals surface area contributed by atoms with E-state index in [1.807, 2.05) is 26.0 Å². The minimum atomic E-state index is -1.92. The number of benzene rings is 2. The number of esters is 1. The molecule has 2 saturated heterocycles. The molecule has 4 aliphatic heterocycles. The number of hydrogen-bond acceptors (Lipinski definition) is 16. The number of imide groups is 1. The van der Waals surface area contributed by atoms with Crippen LogP contribution in [0.4, 0.5) is 21.0 Å². The Hall–Kier alpha value is -7.87. The van der Waals surface area contributed by atoms with Crippen molar-refractivity contribution in [3.05, 3.63) is 88.0 Å². The SMILES string of the molecule is COc1ccc(C(=O)N(C)[C@@H](C)C(=O)O[C@H]2CC(=O)N(C)c3cc(cc(C)c3Cl)C/C(C)=C/C=C/[C@@H](OC)[C@@]3(O)C[C@H](OC(=O)N3)[C@@H](C)[C@@H]3O[C@@]23C)c(NC(=O)[C@H](CCCNC(N)=O)NC(=O)[C@@H](NC(=O)CCCCCN2C(=O)C=CC2=O)C(C)C)c1. The molecule has 0 radical (unpaired) electrons. The predicted octanol–water partition coefficient (Wildman–Crippen LogP) is 4.63. The molecule has 0 spiro atoms. The number of fused-ring (bicyclic) bond motifs is 5. The van der Waals surface area contributed by atoms with Gasteiger partial charge in [-0.05, 0) is 95.0 Å². The number of anilines is 2. The number of amides is 10. The number of carbonyl (C=O) groups excluding carboxylic acids is 10. The molecule has 87 heavy (non-hydrogen) atoms. The largest absolute Gasteiger partial charge is 0.497 e. The molecule has 0 saturated carbocycles. The molecular formula is C61H82ClN9O16. The van der Waals surface area contributed by atoms with Crippen molar-refractivity contribution >= 4 is 82.4 Å². The number of likely N-dealkylation sites (N-methyl/N-ethyl adjacent to an activating group) is 1. The fourth-order valence-corrected chi connectivity index (χ4v) is 11.0. The lowest BCUT2D eigenvalue weighted by Gasteiger charge is -2.42. The van der Waals surface area contributed by atoms with Gasteiger partial charge in [0.05, 0.1) is 41.6 Å². The third-order valence-corrected chi connectivity index (χ3v) is 16.7. The van der Waals surface area contributed by atoms with E-state index in [2.05, 4.69) is 26.6 Å². The van der Waals surface area contributed by atoms with Gasteiger partial charge in [-0.1, -0.05) is 68.7 Å². The Morgan fingerprint density at radius 2 is 1.67 bits per heavy atom. The van der Waals surface area contributed by atoms with Gasteiger partial charge in [0.2, 0.25) is 23.6 Å². The molecule has 2 aromatic carbocycles. The fraction of sp³-hybridized carbons (Fsp3) is 0.541. The highest BCUT2D eigenvalue weighted by Crippen LogP contribution is 2.49. The maximum atomic E-state index is 14.7. The number of epoxide rings is 1. The molecule has 8 N–H and O–H groups in total. The first-order valence-electron chi connectivity index (χ1n) is 29.0. The van der Waals surface area contributed by atoms with Crippen LogP contribution in [0.25, 0.3) is 0 Å². The molecule has 2 fully saturated rings. The second-order valence-corrected chi connectivity index (χ2v) is 23.5. The highest BCUT2D eigenvalue weighted by molar-refractivity contribution is 6.34. The van der Waals surface area contributed by atoms with Crippen LogP contribution >= 0.6 is 11.6 Å². The van der Waals surface area contributed by atoms with E-state index in [4.69, 9.17) is 41.0 Å². The maximum Gasteiger partial charge on any atom is 0.409 e. The minimum absolute atomic E-state index is 0.0270. The molecule has 4 bridgehead atoms. The van der Waals surface area contributed by atoms with Gasteiger partial charge in [-0.2, -0.15) is 0 Å². The number of halogens is 1. The predicted molar refractivity (Wildman–Crippen MR) is 320 cm³/mol. The quantitative estimate of drug-likeness (QED) is 0.0366. The maximum absolute atomic E-state index is 14.7. The summed E-state index contributed by atoms with van der Waals surface area (Å²) in [6.07, 6.45) is 3.92. The zero-order chi connectivity index (χ0) is 64.2. The van der Waals surface area contributed by atoms with E-state index in [0.29, 0.717) is 42.0 Å². The van der Waals surface area contributed by atoms with E-state index in [1.165, 1.54) is 63.4 Å². The highest BCUT2D eigenvalue weighted by atomic mass is 35.5. The number of aryl methyl sites for hydroxylation is 1. The molecule has 0 aromatic heterocycles. The fourth-order valence-electron chi connectivity index (χ4n) is 10.8. The van der Waals surface area contributed by atoms with Gasteiger partial charge < -0.3 is 65.6 Å². The van der Waals surface area contributed by atoms with Crippen LogP contribution in [0.3, 0.4) is 0 Å². The number of alkyl carbamates (subject to hydrolysis) is 1. The summed E-state index contributed by atoms with van der Waals surface area (Å²) in [5.74, 6) is -5.89. The number of ether oxygens (including phenoxy) is 5. The monoisotopic (exact) mass is 1230 g/mol. The van der Waals surface area contributed by atoms with Gasteiger partial charge in [0, 0.05) is 71.3 Å². The molecule has 0 aliphatic carbocycles. The molecule has 2 aromatic rings. The van der Waals surface area contributed by atoms with Crippen molar-refractivity contribution in [1.82, 2.24) is 31.1 Å². The first-order valence-corrected chi connectivity index (χ1v) is 29.3. The molecule has 4 aliphatic rings. The van der Waals surface area contributed by atoms with Crippen molar-refractivity contribution in [1.29, 1.82) is 0 Å². The number of nitrogens with zero attached hydrogens (tertiary/aromatic N) is 3. The molecule has 4 heterocycles. The zero-order valence-corrected chi connectivity index (χ0v) is 51.9. The van der Waals surface area contributed by atoms with Crippen LogP contribution < -0.4 is 42.0 Å². The Balaban J connectivity index is 1.22. The number of methoxy groups -OCH3 is 2. The summed E-state index contributed by atoms with van der Waals surface area (Å²) in [6.45, 7) is 12.2. The van der Waals surface area contributed by atoms with Crippen molar-refractivity contribution in [2.75, 3.05) is 51.6 Å². The first kappa shape index (κ1) is 68.2. The number of nitrogens with one attached hydrogen (secondary N) is 5. The average Bonchev–Trinajstić information content (AvgIpc) is 1.59. The second-order valence-electron chi connectivity index (χ2n) is 23.1. The summed E-state index contributed by atoms with van der Waals surface area (Å²) in [6, 6.07) is 3.30. The van der Waals surface area contributed by atoms with Crippen molar-refractivity contribution in [3.63, 3.8) is 0 Å². The summed E-state index contributed by atoms with van der Waals surface area (Å²) in [7, 11) is 5.65. The van der Waals surface area contributed by atoms with Crippen LogP contribution in [0, 0.1) is 18.8 Å². The molecule has 10 amide bonds. The highest BCUT2D eigenvalue weighted by Gasteiger charge is 2.64. The summed E-state index contributed by atoms with van der Waals surface area (Å²) in [4.78, 5) is 138. The molecule has 474 valence electrons. The smallest absolute Gasteiger partial charge is 0.409 e. The number of rotatable bonds is 22. The Morgan fingerprint density at radius 3 is 2.32 bits per heavy atom. The van der Waals surface area contributed by atoms with E-state index in [1.54, 1.807) is 53.0 Å². The minimum Gasteiger partial charge on any atom is -0.497 e. The molecule has 0 unspecified atom stereocenters. The molecular weight excluding hydrogens is 1150 g/mol. The van der Waals surface area contributed by atoms with Gasteiger partial charge in [-0.25, -0.2) is 14.4 Å². The molecule has 6 rings (SSSR count). The van der Waals surface area contributed by atoms with Crippen LogP contribution in [-0.2, 0) is 58.9 Å². The van der Waals surface area contributed by atoms with Gasteiger partial charge in [-0.15, -0.1) is 0 Å². The normalized spacial score (nSPS) is 24.9. The first-order chi connectivity index (χ1) is 41.0. The number of allylic oxidation sites excluding steroid dienone is 3. The number of aliphatic hydroxyl groups is 1. The zero-order valence-electron chi connectivity index (χ0n) is 51.1. The van der Waals surface area contributed by atoms with E-state index >= 15 is 0 Å². The van der Waals surface area contributed by atoms with Crippen LogP contribution in [0.15, 0.2) is 66.3 Å². The van der Waals surface area contributed by atoms with Crippen LogP contribution in [-0.4, -0.2) is 170 Å². The van der Waals surface area contributed by atoms with Gasteiger partial charge in [-0.3, -0.25) is 43.8 Å². The van der Waals surface area contributed by atoms with Gasteiger partial charge in [0.1, 0.15) is 47.8 Å². The third-order valence-electron chi connectivity index (χ3n) is 16.2. The Kier molecular flexibility index (Phi) is 23.3. The van der Waals surface area contributed by atoms with E-state index < -0.39 is 132 Å². The third kappa shape index (κ3) is 17.2. The Bertz CT molecular complexity index is 3040. The topological polar surface area (TPSA) is 336 Å². The molecule has 10 atom stereocenters. The van der Waals surface area contributed by atoms with Gasteiger partial charge >= 0.3 is 18.1 Å². The van der Waals surface area contributed by atoms with Crippen molar-refractivity contribution in [3.8, 4) is 5.75 Å². The lowest BCUT2D eigenvalue weighted by Crippen LogP contribution is -2.63. The van der Waals surface area contributed by atoms with Crippen molar-refractivity contribution < 1.29 is 76.7 Å². The summed E-state index contributed by atoms with van der Waals surface area (Å²) >= 11 is 6.88. The van der Waals surface area contributed by atoms with Crippen LogP contribution in [0.5, 0.6) is 5.75 Å². The number of nitrogens with two attached hydrogens (primary N) is 1. The number of primary amides is 1. The number of urea groups is 1. The van der Waals surface area contributed by atoms with Gasteiger partial charge in [0.15, 0.2) is 5.72 Å². The van der Waals surface area contributed by atoms with Crippen LogP contribution in [0.1, 0.15) is 114 Å². The number of unbranched alkanes of at least 4 members (excludes halogenated alkanes) is 2. The lowest BCUT2D eigenvalue weighted by atomic mass is 9.83. The average molecular weight is 1230 g/mol. The van der Waals surface area contributed by atoms with E-state index in [0.717, 1.165) is 20.9 Å². The summed E-state index contributed by atoms with van der Waals surface area (Å²) in [5.41, 5.74) is 4.60. The summed E-state index contributed by atoms with van der Waals surface area (Å²) in [5, 5.41) is 25.4. The molecule has 26 heteroatoms. The standard InChI is InChI=1S/C61H82ClN9O16/c1-33(2)52(67-47(72)20-13-12-14-26-71-48(73)23-24-49(71)74)55(77)65-41(18-16-25-64-58(63)80)54(76)66-42-30-39(83-10)21-22-40(42)56(78)69(8)37(6)57(79)86-46-31-50(75)70(9)43-29-38(28-35(4)51(43)62)27-34(3)17-15-19-45(84-11)61(82)32-44(85-59(81)68-61)36(5)53-60(46,7)87-53/h15,17,19,21-24,28-30,33,36-37,41,44-46,52-53,82H,12-14,16,18,20,25-27,31-32H2,1-11H3,(H,65,77)(H,66,76)(H,67,72)(H,68,81)(H3,63,64,80)/b19-15+,34-17+/t36-,37+,41+,44+,45-,46+,52+,53+,60+,61+/m1/s1. The Labute approximate surface area is 511 Å². The summed E-state index contributed by atoms with van der Waals surface area (Å²) < 4.78 is 29.5. The van der Waals surface area contributed by atoms with E-state index in [9.17, 15) is 53.1 Å².